The molecule has 0 saturated carbocycles. The van der Waals surface area contributed by atoms with Crippen molar-refractivity contribution in [3.63, 3.8) is 0 Å². The van der Waals surface area contributed by atoms with Crippen LogP contribution in [-0.4, -0.2) is 41.7 Å². The van der Waals surface area contributed by atoms with Crippen molar-refractivity contribution in [1.29, 1.82) is 0 Å². The molecule has 8 heteroatoms. The Morgan fingerprint density at radius 1 is 1.07 bits per heavy atom. The summed E-state index contributed by atoms with van der Waals surface area (Å²) in [7, 11) is 0. The number of hydrogen-bond acceptors (Lipinski definition) is 5. The van der Waals surface area contributed by atoms with Gasteiger partial charge in [-0.3, -0.25) is 24.1 Å². The summed E-state index contributed by atoms with van der Waals surface area (Å²) in [5.41, 5.74) is 2.25. The Hall–Kier alpha value is -3.00. The molecule has 1 aliphatic rings. The monoisotopic (exact) mass is 444 g/mol. The molecule has 0 atom stereocenters. The number of carbonyl (C=O) groups is 4. The van der Waals surface area contributed by atoms with E-state index in [2.05, 4.69) is 21.2 Å². The van der Waals surface area contributed by atoms with Crippen LogP contribution in [0, 0.1) is 6.92 Å². The summed E-state index contributed by atoms with van der Waals surface area (Å²) < 4.78 is 5.65. The molecule has 3 rings (SSSR count). The number of halogens is 1. The third-order valence-electron chi connectivity index (χ3n) is 4.18. The van der Waals surface area contributed by atoms with Crippen molar-refractivity contribution in [1.82, 2.24) is 4.90 Å². The smallest absolute Gasteiger partial charge is 0.308 e. The Morgan fingerprint density at radius 3 is 2.32 bits per heavy atom. The van der Waals surface area contributed by atoms with Crippen molar-refractivity contribution < 1.29 is 23.9 Å². The Morgan fingerprint density at radius 2 is 1.71 bits per heavy atom. The zero-order valence-electron chi connectivity index (χ0n) is 15.0. The van der Waals surface area contributed by atoms with Gasteiger partial charge >= 0.3 is 5.97 Å². The van der Waals surface area contributed by atoms with E-state index in [9.17, 15) is 19.2 Å². The molecule has 2 aromatic rings. The maximum Gasteiger partial charge on any atom is 0.308 e. The van der Waals surface area contributed by atoms with Crippen LogP contribution in [0.1, 0.15) is 32.7 Å². The molecular weight excluding hydrogens is 428 g/mol. The summed E-state index contributed by atoms with van der Waals surface area (Å²) in [6, 6.07) is 11.9. The zero-order valence-corrected chi connectivity index (χ0v) is 16.6. The number of aryl methyl sites for hydroxylation is 1. The van der Waals surface area contributed by atoms with Gasteiger partial charge in [-0.1, -0.05) is 18.2 Å². The van der Waals surface area contributed by atoms with Gasteiger partial charge in [0.2, 0.25) is 0 Å². The lowest BCUT2D eigenvalue weighted by Crippen LogP contribution is -2.32. The van der Waals surface area contributed by atoms with Crippen LogP contribution in [0.25, 0.3) is 0 Å². The highest BCUT2D eigenvalue weighted by Gasteiger charge is 2.35. The first-order valence-corrected chi connectivity index (χ1v) is 9.33. The molecule has 0 bridgehead atoms. The van der Waals surface area contributed by atoms with E-state index in [4.69, 9.17) is 4.74 Å². The Kier molecular flexibility index (Phi) is 5.89. The van der Waals surface area contributed by atoms with Crippen LogP contribution in [0.4, 0.5) is 5.69 Å². The molecule has 1 heterocycles. The fourth-order valence-corrected chi connectivity index (χ4v) is 3.36. The maximum atomic E-state index is 12.2. The normalized spacial score (nSPS) is 12.7. The molecule has 7 nitrogen and oxygen atoms in total. The van der Waals surface area contributed by atoms with Gasteiger partial charge in [0.25, 0.3) is 17.7 Å². The lowest BCUT2D eigenvalue weighted by atomic mass is 10.1. The second kappa shape index (κ2) is 8.35. The van der Waals surface area contributed by atoms with Crippen LogP contribution in [0.3, 0.4) is 0 Å². The number of nitrogens with zero attached hydrogens (tertiary/aromatic N) is 1. The van der Waals surface area contributed by atoms with Crippen molar-refractivity contribution >= 4 is 45.3 Å². The van der Waals surface area contributed by atoms with Crippen molar-refractivity contribution in [2.75, 3.05) is 18.5 Å². The summed E-state index contributed by atoms with van der Waals surface area (Å²) in [5, 5.41) is 2.63. The molecule has 0 saturated heterocycles. The molecule has 2 aromatic carbocycles. The molecular formula is C20H17BrN2O5. The largest absolute Gasteiger partial charge is 0.456 e. The highest BCUT2D eigenvalue weighted by Crippen LogP contribution is 2.24. The third-order valence-corrected chi connectivity index (χ3v) is 4.84. The molecule has 28 heavy (non-hydrogen) atoms. The van der Waals surface area contributed by atoms with Crippen LogP contribution < -0.4 is 5.32 Å². The van der Waals surface area contributed by atoms with Gasteiger partial charge in [0.05, 0.1) is 23.2 Å². The lowest BCUT2D eigenvalue weighted by molar-refractivity contribution is -0.147. The minimum atomic E-state index is -0.672. The molecule has 0 spiro atoms. The van der Waals surface area contributed by atoms with Crippen molar-refractivity contribution in [3.8, 4) is 0 Å². The first-order valence-electron chi connectivity index (χ1n) is 8.53. The standard InChI is InChI=1S/C20H17BrN2O5/c1-12-6-7-16(15(21)10-12)22-17(24)11-28-18(25)8-9-23-19(26)13-4-2-3-5-14(13)20(23)27/h2-7,10H,8-9,11H2,1H3,(H,22,24). The summed E-state index contributed by atoms with van der Waals surface area (Å²) in [4.78, 5) is 49.3. The Bertz CT molecular complexity index is 938. The van der Waals surface area contributed by atoms with Crippen LogP contribution in [0.15, 0.2) is 46.9 Å². The van der Waals surface area contributed by atoms with Crippen molar-refractivity contribution in [2.45, 2.75) is 13.3 Å². The molecule has 0 radical (unpaired) electrons. The number of imide groups is 1. The van der Waals surface area contributed by atoms with E-state index in [0.29, 0.717) is 16.8 Å². The Balaban J connectivity index is 1.47. The molecule has 1 aliphatic heterocycles. The first-order chi connectivity index (χ1) is 13.4. The summed E-state index contributed by atoms with van der Waals surface area (Å²) in [6.45, 7) is 1.37. The minimum Gasteiger partial charge on any atom is -0.456 e. The van der Waals surface area contributed by atoms with Crippen LogP contribution in [0.2, 0.25) is 0 Å². The van der Waals surface area contributed by atoms with Gasteiger partial charge in [-0.05, 0) is 52.7 Å². The molecule has 0 aliphatic carbocycles. The summed E-state index contributed by atoms with van der Waals surface area (Å²) in [5.74, 6) is -2.03. The van der Waals surface area contributed by atoms with E-state index >= 15 is 0 Å². The fourth-order valence-electron chi connectivity index (χ4n) is 2.77. The number of amides is 3. The lowest BCUT2D eigenvalue weighted by Gasteiger charge is -2.13. The molecule has 0 aromatic heterocycles. The SMILES string of the molecule is Cc1ccc(NC(=O)COC(=O)CCN2C(=O)c3ccccc3C2=O)c(Br)c1. The van der Waals surface area contributed by atoms with E-state index in [0.717, 1.165) is 14.9 Å². The third kappa shape index (κ3) is 4.28. The number of esters is 1. The highest BCUT2D eigenvalue weighted by atomic mass is 79.9. The number of fused-ring (bicyclic) bond motifs is 1. The molecule has 1 N–H and O–H groups in total. The molecule has 3 amide bonds. The van der Waals surface area contributed by atoms with Gasteiger partial charge < -0.3 is 10.1 Å². The van der Waals surface area contributed by atoms with Gasteiger partial charge in [-0.25, -0.2) is 0 Å². The molecule has 0 fully saturated rings. The van der Waals surface area contributed by atoms with Crippen LogP contribution in [0.5, 0.6) is 0 Å². The highest BCUT2D eigenvalue weighted by molar-refractivity contribution is 9.10. The van der Waals surface area contributed by atoms with E-state index in [-0.39, 0.29) is 13.0 Å². The van der Waals surface area contributed by atoms with Crippen LogP contribution in [-0.2, 0) is 14.3 Å². The van der Waals surface area contributed by atoms with E-state index in [1.165, 1.54) is 0 Å². The second-order valence-electron chi connectivity index (χ2n) is 6.25. The molecule has 0 unspecified atom stereocenters. The number of nitrogens with one attached hydrogen (secondary N) is 1. The fraction of sp³-hybridized carbons (Fsp3) is 0.200. The van der Waals surface area contributed by atoms with Gasteiger partial charge in [0, 0.05) is 11.0 Å². The number of rotatable bonds is 6. The average Bonchev–Trinajstić information content (AvgIpc) is 2.91. The summed E-state index contributed by atoms with van der Waals surface area (Å²) in [6.07, 6.45) is -0.188. The second-order valence-corrected chi connectivity index (χ2v) is 7.10. The number of hydrogen-bond donors (Lipinski definition) is 1. The van der Waals surface area contributed by atoms with Crippen molar-refractivity contribution in [2.24, 2.45) is 0 Å². The average molecular weight is 445 g/mol. The van der Waals surface area contributed by atoms with Gasteiger partial charge in [0.15, 0.2) is 6.61 Å². The zero-order chi connectivity index (χ0) is 20.3. The number of carbonyl (C=O) groups excluding carboxylic acids is 4. The van der Waals surface area contributed by atoms with E-state index in [1.807, 2.05) is 19.1 Å². The maximum absolute atomic E-state index is 12.2. The van der Waals surface area contributed by atoms with E-state index < -0.39 is 30.3 Å². The topological polar surface area (TPSA) is 92.8 Å². The number of benzene rings is 2. The number of ether oxygens (including phenoxy) is 1. The predicted octanol–water partition coefficient (Wildman–Crippen LogP) is 2.93. The quantitative estimate of drug-likeness (QED) is 0.545. The van der Waals surface area contributed by atoms with Gasteiger partial charge in [-0.2, -0.15) is 0 Å². The van der Waals surface area contributed by atoms with Gasteiger partial charge in [0.1, 0.15) is 0 Å². The minimum absolute atomic E-state index is 0.101. The Labute approximate surface area is 169 Å². The first kappa shape index (κ1) is 19.8. The van der Waals surface area contributed by atoms with Gasteiger partial charge in [-0.15, -0.1) is 0 Å². The van der Waals surface area contributed by atoms with Crippen LogP contribution >= 0.6 is 15.9 Å². The summed E-state index contributed by atoms with van der Waals surface area (Å²) >= 11 is 3.35. The molecule has 144 valence electrons. The number of anilines is 1. The predicted molar refractivity (Wildman–Crippen MR) is 105 cm³/mol. The van der Waals surface area contributed by atoms with Crippen molar-refractivity contribution in [3.05, 3.63) is 63.6 Å². The van der Waals surface area contributed by atoms with E-state index in [1.54, 1.807) is 30.3 Å².